The molecular formula is C25H34N6O. The Kier molecular flexibility index (Phi) is 9.25. The molecular weight excluding hydrogens is 400 g/mol. The zero-order chi connectivity index (χ0) is 22.6. The summed E-state index contributed by atoms with van der Waals surface area (Å²) in [5.74, 6) is 2.81. The van der Waals surface area contributed by atoms with E-state index in [-0.39, 0.29) is 0 Å². The highest BCUT2D eigenvalue weighted by Gasteiger charge is 2.14. The van der Waals surface area contributed by atoms with E-state index in [0.717, 1.165) is 43.5 Å². The third kappa shape index (κ3) is 7.20. The van der Waals surface area contributed by atoms with Crippen LogP contribution in [0.3, 0.4) is 0 Å². The van der Waals surface area contributed by atoms with E-state index in [1.807, 2.05) is 18.5 Å². The molecule has 0 aliphatic carbocycles. The number of aliphatic imine (C=N–C) groups is 1. The van der Waals surface area contributed by atoms with Crippen LogP contribution in [0.1, 0.15) is 35.1 Å². The third-order valence-electron chi connectivity index (χ3n) is 5.49. The summed E-state index contributed by atoms with van der Waals surface area (Å²) in [7, 11) is 3.68. The largest absolute Gasteiger partial charge is 0.385 e. The number of nitrogens with one attached hydrogen (secondary N) is 2. The van der Waals surface area contributed by atoms with Crippen LogP contribution in [0.15, 0.2) is 65.7 Å². The summed E-state index contributed by atoms with van der Waals surface area (Å²) in [5.41, 5.74) is 2.63. The molecule has 3 rings (SSSR count). The highest BCUT2D eigenvalue weighted by Crippen LogP contribution is 2.20. The minimum Gasteiger partial charge on any atom is -0.385 e. The summed E-state index contributed by atoms with van der Waals surface area (Å²) in [6, 6.07) is 21.3. The van der Waals surface area contributed by atoms with Gasteiger partial charge in [-0.15, -0.1) is 10.2 Å². The summed E-state index contributed by atoms with van der Waals surface area (Å²) < 4.78 is 7.14. The number of hydrogen-bond acceptors (Lipinski definition) is 4. The number of benzene rings is 2. The van der Waals surface area contributed by atoms with Crippen molar-refractivity contribution in [1.82, 2.24) is 25.4 Å². The molecule has 170 valence electrons. The Morgan fingerprint density at radius 3 is 2.41 bits per heavy atom. The molecule has 1 heterocycles. The van der Waals surface area contributed by atoms with Crippen LogP contribution in [-0.2, 0) is 24.8 Å². The third-order valence-corrected chi connectivity index (χ3v) is 5.49. The molecule has 3 aromatic rings. The van der Waals surface area contributed by atoms with Crippen molar-refractivity contribution in [2.24, 2.45) is 12.0 Å². The molecule has 0 spiro atoms. The van der Waals surface area contributed by atoms with Crippen LogP contribution in [0.25, 0.3) is 0 Å². The van der Waals surface area contributed by atoms with Crippen LogP contribution < -0.4 is 10.6 Å². The van der Waals surface area contributed by atoms with E-state index in [1.165, 1.54) is 11.1 Å². The highest BCUT2D eigenvalue weighted by molar-refractivity contribution is 5.79. The lowest BCUT2D eigenvalue weighted by Crippen LogP contribution is -2.40. The number of ether oxygens (including phenoxy) is 1. The molecule has 1 aromatic heterocycles. The fraction of sp³-hybridized carbons (Fsp3) is 0.400. The van der Waals surface area contributed by atoms with Gasteiger partial charge in [-0.1, -0.05) is 60.7 Å². The lowest BCUT2D eigenvalue weighted by atomic mass is 9.92. The van der Waals surface area contributed by atoms with Crippen molar-refractivity contribution in [1.29, 1.82) is 0 Å². The second-order valence-electron chi connectivity index (χ2n) is 7.84. The molecule has 0 aliphatic heterocycles. The Balaban J connectivity index is 1.71. The topological polar surface area (TPSA) is 76.4 Å². The molecule has 0 saturated heterocycles. The van der Waals surface area contributed by atoms with E-state index in [4.69, 9.17) is 9.73 Å². The Hall–Kier alpha value is -3.19. The minimum absolute atomic E-state index is 0.321. The number of hydrogen-bond donors (Lipinski definition) is 2. The zero-order valence-corrected chi connectivity index (χ0v) is 19.3. The van der Waals surface area contributed by atoms with Crippen molar-refractivity contribution in [3.8, 4) is 0 Å². The zero-order valence-electron chi connectivity index (χ0n) is 19.3. The van der Waals surface area contributed by atoms with Crippen LogP contribution in [-0.4, -0.2) is 47.5 Å². The summed E-state index contributed by atoms with van der Waals surface area (Å²) >= 11 is 0. The van der Waals surface area contributed by atoms with Gasteiger partial charge in [-0.3, -0.25) is 0 Å². The molecule has 0 bridgehead atoms. The van der Waals surface area contributed by atoms with Crippen LogP contribution in [0.2, 0.25) is 0 Å². The van der Waals surface area contributed by atoms with E-state index in [0.29, 0.717) is 19.1 Å². The Labute approximate surface area is 190 Å². The number of rotatable bonds is 11. The Morgan fingerprint density at radius 1 is 1.03 bits per heavy atom. The fourth-order valence-corrected chi connectivity index (χ4v) is 3.49. The number of aryl methyl sites for hydroxylation is 1. The predicted molar refractivity (Wildman–Crippen MR) is 129 cm³/mol. The number of guanidine groups is 1. The summed E-state index contributed by atoms with van der Waals surface area (Å²) in [5, 5.41) is 15.3. The molecule has 7 heteroatoms. The standard InChI is InChI=1S/C25H34N6O/c1-20-29-30-24(31(20)2)19-28-25(26-15-10-16-32-3)27-18-23(22-13-8-5-9-14-22)17-21-11-6-4-7-12-21/h4-9,11-14,23H,10,15-19H2,1-3H3,(H2,26,27,28). The van der Waals surface area contributed by atoms with E-state index < -0.39 is 0 Å². The van der Waals surface area contributed by atoms with Gasteiger partial charge in [-0.25, -0.2) is 4.99 Å². The molecule has 1 atom stereocenters. The van der Waals surface area contributed by atoms with E-state index in [2.05, 4.69) is 81.5 Å². The molecule has 0 aliphatic rings. The number of nitrogens with zero attached hydrogens (tertiary/aromatic N) is 4. The average molecular weight is 435 g/mol. The van der Waals surface area contributed by atoms with Crippen LogP contribution in [0, 0.1) is 6.92 Å². The van der Waals surface area contributed by atoms with Gasteiger partial charge in [-0.05, 0) is 30.9 Å². The van der Waals surface area contributed by atoms with Crippen LogP contribution in [0.4, 0.5) is 0 Å². The second-order valence-corrected chi connectivity index (χ2v) is 7.84. The van der Waals surface area contributed by atoms with Gasteiger partial charge in [0, 0.05) is 39.8 Å². The summed E-state index contributed by atoms with van der Waals surface area (Å²) in [4.78, 5) is 4.77. The van der Waals surface area contributed by atoms with Crippen LogP contribution in [0.5, 0.6) is 0 Å². The molecule has 0 amide bonds. The number of methoxy groups -OCH3 is 1. The quantitative estimate of drug-likeness (QED) is 0.275. The second kappa shape index (κ2) is 12.6. The molecule has 32 heavy (non-hydrogen) atoms. The fourth-order valence-electron chi connectivity index (χ4n) is 3.49. The van der Waals surface area contributed by atoms with Gasteiger partial charge in [0.05, 0.1) is 0 Å². The normalized spacial score (nSPS) is 12.5. The van der Waals surface area contributed by atoms with E-state index in [1.54, 1.807) is 7.11 Å². The van der Waals surface area contributed by atoms with Crippen molar-refractivity contribution in [2.75, 3.05) is 26.8 Å². The monoisotopic (exact) mass is 434 g/mol. The molecule has 1 unspecified atom stereocenters. The smallest absolute Gasteiger partial charge is 0.191 e. The van der Waals surface area contributed by atoms with E-state index >= 15 is 0 Å². The van der Waals surface area contributed by atoms with Gasteiger partial charge >= 0.3 is 0 Å². The van der Waals surface area contributed by atoms with Crippen LogP contribution >= 0.6 is 0 Å². The van der Waals surface area contributed by atoms with Crippen molar-refractivity contribution >= 4 is 5.96 Å². The molecule has 2 aromatic carbocycles. The molecule has 0 fully saturated rings. The maximum absolute atomic E-state index is 5.17. The molecule has 0 saturated carbocycles. The molecule has 0 radical (unpaired) electrons. The average Bonchev–Trinajstić information content (AvgIpc) is 3.15. The lowest BCUT2D eigenvalue weighted by molar-refractivity contribution is 0.195. The minimum atomic E-state index is 0.321. The Morgan fingerprint density at radius 2 is 1.75 bits per heavy atom. The van der Waals surface area contributed by atoms with Crippen molar-refractivity contribution < 1.29 is 4.74 Å². The lowest BCUT2D eigenvalue weighted by Gasteiger charge is -2.20. The first-order valence-electron chi connectivity index (χ1n) is 11.1. The predicted octanol–water partition coefficient (Wildman–Crippen LogP) is 3.22. The molecule has 2 N–H and O–H groups in total. The first kappa shape index (κ1) is 23.5. The van der Waals surface area contributed by atoms with Crippen molar-refractivity contribution in [3.05, 3.63) is 83.4 Å². The van der Waals surface area contributed by atoms with Crippen molar-refractivity contribution in [2.45, 2.75) is 32.2 Å². The van der Waals surface area contributed by atoms with Gasteiger partial charge in [0.2, 0.25) is 0 Å². The first-order chi connectivity index (χ1) is 15.7. The van der Waals surface area contributed by atoms with Gasteiger partial charge in [0.25, 0.3) is 0 Å². The summed E-state index contributed by atoms with van der Waals surface area (Å²) in [6.45, 7) is 4.67. The van der Waals surface area contributed by atoms with Gasteiger partial charge in [0.1, 0.15) is 12.4 Å². The summed E-state index contributed by atoms with van der Waals surface area (Å²) in [6.07, 6.45) is 1.86. The molecule has 7 nitrogen and oxygen atoms in total. The van der Waals surface area contributed by atoms with Gasteiger partial charge in [-0.2, -0.15) is 0 Å². The first-order valence-corrected chi connectivity index (χ1v) is 11.1. The van der Waals surface area contributed by atoms with Crippen molar-refractivity contribution in [3.63, 3.8) is 0 Å². The van der Waals surface area contributed by atoms with E-state index in [9.17, 15) is 0 Å². The van der Waals surface area contributed by atoms with Gasteiger partial charge < -0.3 is 19.9 Å². The number of aromatic nitrogens is 3. The Bertz CT molecular complexity index is 955. The SMILES string of the molecule is COCCCNC(=NCc1nnc(C)n1C)NCC(Cc1ccccc1)c1ccccc1. The maximum atomic E-state index is 5.17. The van der Waals surface area contributed by atoms with Gasteiger partial charge in [0.15, 0.2) is 11.8 Å². The highest BCUT2D eigenvalue weighted by atomic mass is 16.5. The maximum Gasteiger partial charge on any atom is 0.191 e.